The minimum atomic E-state index is -4.15. The van der Waals surface area contributed by atoms with Gasteiger partial charge in [-0.3, -0.25) is 9.59 Å². The van der Waals surface area contributed by atoms with Crippen LogP contribution in [-0.2, 0) is 4.79 Å². The second kappa shape index (κ2) is 8.90. The lowest BCUT2D eigenvalue weighted by molar-refractivity contribution is -0.183. The smallest absolute Gasteiger partial charge is 0.391 e. The number of pyridine rings is 1. The largest absolute Gasteiger partial charge is 0.481 e. The molecule has 0 atom stereocenters. The first-order valence-electron chi connectivity index (χ1n) is 8.72. The number of primary amides is 1. The van der Waals surface area contributed by atoms with Crippen LogP contribution in [0, 0.1) is 11.8 Å². The molecule has 1 heterocycles. The topological polar surface area (TPSA) is 94.3 Å². The summed E-state index contributed by atoms with van der Waals surface area (Å²) in [6, 6.07) is 1.48. The van der Waals surface area contributed by atoms with Crippen molar-refractivity contribution >= 4 is 23.6 Å². The Bertz CT molecular complexity index is 783. The Balaban J connectivity index is 2.23. The highest BCUT2D eigenvalue weighted by Gasteiger charge is 2.40. The van der Waals surface area contributed by atoms with Crippen LogP contribution in [0.25, 0.3) is 6.08 Å². The molecule has 0 radical (unpaired) electrons. The van der Waals surface area contributed by atoms with Crippen LogP contribution in [0.4, 0.5) is 18.9 Å². The number of carbonyl (C=O) groups is 2. The second-order valence-electron chi connectivity index (χ2n) is 6.55. The molecule has 2 rings (SSSR count). The lowest BCUT2D eigenvalue weighted by Gasteiger charge is -2.28. The molecule has 1 saturated carbocycles. The van der Waals surface area contributed by atoms with Crippen molar-refractivity contribution in [3.8, 4) is 5.88 Å². The molecule has 0 aliphatic heterocycles. The fourth-order valence-electron chi connectivity index (χ4n) is 3.14. The molecule has 6 nitrogen and oxygen atoms in total. The molecule has 152 valence electrons. The van der Waals surface area contributed by atoms with Crippen molar-refractivity contribution in [3.05, 3.63) is 36.1 Å². The van der Waals surface area contributed by atoms with Gasteiger partial charge in [-0.2, -0.15) is 13.2 Å². The van der Waals surface area contributed by atoms with Crippen LogP contribution in [0.3, 0.4) is 0 Å². The third-order valence-corrected chi connectivity index (χ3v) is 4.67. The highest BCUT2D eigenvalue weighted by atomic mass is 19.4. The number of hydrogen-bond donors (Lipinski definition) is 2. The van der Waals surface area contributed by atoms with Crippen LogP contribution in [0.1, 0.15) is 41.7 Å². The molecule has 28 heavy (non-hydrogen) atoms. The number of rotatable bonds is 6. The Labute approximate surface area is 160 Å². The van der Waals surface area contributed by atoms with E-state index in [-0.39, 0.29) is 36.0 Å². The quantitative estimate of drug-likeness (QED) is 0.716. The second-order valence-corrected chi connectivity index (χ2v) is 6.55. The summed E-state index contributed by atoms with van der Waals surface area (Å²) in [7, 11) is 1.36. The molecule has 0 spiro atoms. The zero-order valence-electron chi connectivity index (χ0n) is 15.4. The predicted octanol–water partition coefficient (Wildman–Crippen LogP) is 3.70. The summed E-state index contributed by atoms with van der Waals surface area (Å²) in [5.41, 5.74) is 5.69. The number of halogens is 3. The maximum absolute atomic E-state index is 12.8. The monoisotopic (exact) mass is 397 g/mol. The first kappa shape index (κ1) is 21.5. The van der Waals surface area contributed by atoms with Crippen LogP contribution in [-0.4, -0.2) is 30.1 Å². The van der Waals surface area contributed by atoms with Crippen molar-refractivity contribution in [2.24, 2.45) is 17.6 Å². The molecule has 0 aromatic carbocycles. The molecule has 1 aromatic rings. The summed E-state index contributed by atoms with van der Waals surface area (Å²) in [4.78, 5) is 27.2. The zero-order chi connectivity index (χ0) is 20.9. The van der Waals surface area contributed by atoms with E-state index >= 15 is 0 Å². The van der Waals surface area contributed by atoms with Crippen LogP contribution in [0.2, 0.25) is 0 Å². The van der Waals surface area contributed by atoms with Gasteiger partial charge in [0.05, 0.1) is 18.7 Å². The van der Waals surface area contributed by atoms with Crippen molar-refractivity contribution in [3.63, 3.8) is 0 Å². The summed E-state index contributed by atoms with van der Waals surface area (Å²) in [5, 5.41) is 2.46. The molecular formula is C19H22F3N3O3. The van der Waals surface area contributed by atoms with Gasteiger partial charge in [-0.25, -0.2) is 4.98 Å². The third kappa shape index (κ3) is 5.34. The average molecular weight is 397 g/mol. The highest BCUT2D eigenvalue weighted by Crippen LogP contribution is 2.40. The lowest BCUT2D eigenvalue weighted by Crippen LogP contribution is -2.27. The van der Waals surface area contributed by atoms with Crippen molar-refractivity contribution in [1.82, 2.24) is 4.98 Å². The van der Waals surface area contributed by atoms with E-state index in [4.69, 9.17) is 10.5 Å². The number of nitrogens with zero attached hydrogens (tertiary/aromatic N) is 1. The first-order valence-corrected chi connectivity index (χ1v) is 8.72. The first-order chi connectivity index (χ1) is 13.2. The van der Waals surface area contributed by atoms with Gasteiger partial charge in [-0.15, -0.1) is 0 Å². The van der Waals surface area contributed by atoms with E-state index in [1.807, 2.05) is 0 Å². The summed E-state index contributed by atoms with van der Waals surface area (Å²) in [6.45, 7) is 3.34. The molecule has 0 bridgehead atoms. The molecule has 2 amide bonds. The highest BCUT2D eigenvalue weighted by molar-refractivity contribution is 6.05. The number of allylic oxidation sites excluding steroid dienone is 1. The number of hydrogen-bond acceptors (Lipinski definition) is 4. The van der Waals surface area contributed by atoms with Crippen molar-refractivity contribution in [1.29, 1.82) is 0 Å². The van der Waals surface area contributed by atoms with Gasteiger partial charge in [-0.05, 0) is 43.7 Å². The molecule has 3 N–H and O–H groups in total. The van der Waals surface area contributed by atoms with Crippen molar-refractivity contribution in [2.75, 3.05) is 12.4 Å². The van der Waals surface area contributed by atoms with E-state index < -0.39 is 23.9 Å². The van der Waals surface area contributed by atoms with Crippen LogP contribution >= 0.6 is 0 Å². The van der Waals surface area contributed by atoms with E-state index in [0.717, 1.165) is 6.08 Å². The van der Waals surface area contributed by atoms with E-state index in [9.17, 15) is 22.8 Å². The number of methoxy groups -OCH3 is 1. The standard InChI is InChI=1S/C19H22F3N3O3/c1-3-15(26)24-14-10-12(18(28-2)25-16(14)17(23)27)7-4-11-5-8-13(9-6-11)19(20,21)22/h3-4,7,10-11,13H,1,5-6,8-9H2,2H3,(H2,23,27)(H,24,26). The molecule has 9 heteroatoms. The van der Waals surface area contributed by atoms with Gasteiger partial charge in [0.15, 0.2) is 5.69 Å². The number of ether oxygens (including phenoxy) is 1. The minimum absolute atomic E-state index is 0.00895. The van der Waals surface area contributed by atoms with E-state index in [0.29, 0.717) is 18.4 Å². The van der Waals surface area contributed by atoms with Crippen LogP contribution in [0.15, 0.2) is 24.8 Å². The normalized spacial score (nSPS) is 20.0. The summed E-state index contributed by atoms with van der Waals surface area (Å²) >= 11 is 0. The Kier molecular flexibility index (Phi) is 6.82. The molecule has 0 unspecified atom stereocenters. The fraction of sp³-hybridized carbons (Fsp3) is 0.421. The number of aromatic nitrogens is 1. The number of nitrogens with two attached hydrogens (primary N) is 1. The third-order valence-electron chi connectivity index (χ3n) is 4.67. The molecular weight excluding hydrogens is 375 g/mol. The van der Waals surface area contributed by atoms with E-state index in [1.54, 1.807) is 12.2 Å². The van der Waals surface area contributed by atoms with Crippen molar-refractivity contribution in [2.45, 2.75) is 31.9 Å². The average Bonchev–Trinajstić information content (AvgIpc) is 2.65. The zero-order valence-corrected chi connectivity index (χ0v) is 15.4. The summed E-state index contributed by atoms with van der Waals surface area (Å²) in [5.74, 6) is -2.53. The molecule has 1 aliphatic rings. The van der Waals surface area contributed by atoms with Gasteiger partial charge in [0.25, 0.3) is 5.91 Å². The molecule has 1 fully saturated rings. The van der Waals surface area contributed by atoms with Crippen molar-refractivity contribution < 1.29 is 27.5 Å². The molecule has 0 saturated heterocycles. The maximum atomic E-state index is 12.8. The minimum Gasteiger partial charge on any atom is -0.481 e. The predicted molar refractivity (Wildman–Crippen MR) is 98.7 cm³/mol. The number of amides is 2. The Hall–Kier alpha value is -2.84. The molecule has 1 aromatic heterocycles. The maximum Gasteiger partial charge on any atom is 0.391 e. The van der Waals surface area contributed by atoms with E-state index in [2.05, 4.69) is 16.9 Å². The fourth-order valence-corrected chi connectivity index (χ4v) is 3.14. The van der Waals surface area contributed by atoms with Gasteiger partial charge in [-0.1, -0.05) is 18.7 Å². The lowest BCUT2D eigenvalue weighted by atomic mass is 9.81. The summed E-state index contributed by atoms with van der Waals surface area (Å²) < 4.78 is 43.5. The number of carbonyl (C=O) groups excluding carboxylic acids is 2. The van der Waals surface area contributed by atoms with Gasteiger partial charge in [0, 0.05) is 5.56 Å². The van der Waals surface area contributed by atoms with Gasteiger partial charge < -0.3 is 15.8 Å². The van der Waals surface area contributed by atoms with E-state index in [1.165, 1.54) is 13.2 Å². The molecule has 1 aliphatic carbocycles. The van der Waals surface area contributed by atoms with Crippen LogP contribution < -0.4 is 15.8 Å². The van der Waals surface area contributed by atoms with Gasteiger partial charge in [0.1, 0.15) is 0 Å². The Morgan fingerprint density at radius 2 is 1.96 bits per heavy atom. The number of alkyl halides is 3. The van der Waals surface area contributed by atoms with Gasteiger partial charge >= 0.3 is 6.18 Å². The van der Waals surface area contributed by atoms with Crippen LogP contribution in [0.5, 0.6) is 5.88 Å². The van der Waals surface area contributed by atoms with Gasteiger partial charge in [0.2, 0.25) is 11.8 Å². The summed E-state index contributed by atoms with van der Waals surface area (Å²) in [6.07, 6.45) is 1.39. The Morgan fingerprint density at radius 1 is 1.32 bits per heavy atom. The SMILES string of the molecule is C=CC(=O)Nc1cc(C=CC2CCC(C(F)(F)F)CC2)c(OC)nc1C(N)=O. The number of anilines is 1. The Morgan fingerprint density at radius 3 is 2.46 bits per heavy atom. The number of nitrogens with one attached hydrogen (secondary N) is 1.